The number of carbonyl (C=O) groups is 1. The number of hydrogen-bond donors (Lipinski definition) is 2. The number of thioether (sulfide) groups is 1. The van der Waals surface area contributed by atoms with Crippen LogP contribution in [0, 0.1) is 0 Å². The molecule has 2 rings (SSSR count). The summed E-state index contributed by atoms with van der Waals surface area (Å²) in [6, 6.07) is 13.4. The number of primary sulfonamides is 1. The zero-order chi connectivity index (χ0) is 18.4. The summed E-state index contributed by atoms with van der Waals surface area (Å²) in [6.07, 6.45) is 0.357. The van der Waals surface area contributed by atoms with E-state index >= 15 is 0 Å². The maximum atomic E-state index is 12.1. The molecule has 0 fully saturated rings. The average Bonchev–Trinajstić information content (AvgIpc) is 2.56. The Balaban J connectivity index is 1.84. The fourth-order valence-corrected chi connectivity index (χ4v) is 3.86. The van der Waals surface area contributed by atoms with Gasteiger partial charge in [0.15, 0.2) is 0 Å². The van der Waals surface area contributed by atoms with Gasteiger partial charge in [0.25, 0.3) is 0 Å². The summed E-state index contributed by atoms with van der Waals surface area (Å²) < 4.78 is 22.5. The molecule has 0 aromatic heterocycles. The van der Waals surface area contributed by atoms with Crippen molar-refractivity contribution in [2.45, 2.75) is 29.2 Å². The van der Waals surface area contributed by atoms with Gasteiger partial charge in [-0.2, -0.15) is 0 Å². The second kappa shape index (κ2) is 8.71. The predicted octanol–water partition coefficient (Wildman–Crippen LogP) is 3.35. The molecule has 134 valence electrons. The van der Waals surface area contributed by atoms with Crippen molar-refractivity contribution in [3.8, 4) is 0 Å². The number of rotatable bonds is 7. The van der Waals surface area contributed by atoms with E-state index in [1.807, 2.05) is 31.2 Å². The number of nitrogens with two attached hydrogens (primary N) is 1. The Morgan fingerprint density at radius 2 is 1.84 bits per heavy atom. The summed E-state index contributed by atoms with van der Waals surface area (Å²) in [6.45, 7) is 1.84. The van der Waals surface area contributed by atoms with Crippen molar-refractivity contribution in [1.29, 1.82) is 0 Å². The van der Waals surface area contributed by atoms with Gasteiger partial charge in [-0.05, 0) is 36.8 Å². The van der Waals surface area contributed by atoms with E-state index in [2.05, 4.69) is 5.32 Å². The van der Waals surface area contributed by atoms with E-state index in [0.29, 0.717) is 17.2 Å². The lowest BCUT2D eigenvalue weighted by atomic mass is 10.1. The van der Waals surface area contributed by atoms with Gasteiger partial charge in [0.2, 0.25) is 15.9 Å². The molecule has 0 saturated heterocycles. The van der Waals surface area contributed by atoms with Gasteiger partial charge >= 0.3 is 0 Å². The highest BCUT2D eigenvalue weighted by atomic mass is 35.5. The molecule has 5 nitrogen and oxygen atoms in total. The molecule has 1 amide bonds. The molecule has 3 N–H and O–H groups in total. The molecule has 0 saturated carbocycles. The van der Waals surface area contributed by atoms with Gasteiger partial charge in [0.05, 0.1) is 16.0 Å². The molecule has 25 heavy (non-hydrogen) atoms. The topological polar surface area (TPSA) is 89.3 Å². The zero-order valence-electron chi connectivity index (χ0n) is 13.6. The van der Waals surface area contributed by atoms with Crippen LogP contribution >= 0.6 is 23.4 Å². The van der Waals surface area contributed by atoms with Crippen LogP contribution in [0.15, 0.2) is 58.3 Å². The Hall–Kier alpha value is -1.54. The molecule has 2 aromatic rings. The van der Waals surface area contributed by atoms with Crippen LogP contribution in [0.4, 0.5) is 0 Å². The lowest BCUT2D eigenvalue weighted by Gasteiger charge is -2.14. The zero-order valence-corrected chi connectivity index (χ0v) is 16.0. The van der Waals surface area contributed by atoms with Crippen molar-refractivity contribution < 1.29 is 13.2 Å². The van der Waals surface area contributed by atoms with Gasteiger partial charge in [-0.25, -0.2) is 13.6 Å². The molecule has 0 aliphatic heterocycles. The second-order valence-electron chi connectivity index (χ2n) is 5.43. The number of sulfonamides is 1. The van der Waals surface area contributed by atoms with Gasteiger partial charge in [0.1, 0.15) is 0 Å². The maximum absolute atomic E-state index is 12.1. The normalized spacial score (nSPS) is 12.6. The summed E-state index contributed by atoms with van der Waals surface area (Å²) in [5.74, 6) is 0.537. The number of nitrogens with one attached hydrogen (secondary N) is 1. The summed E-state index contributed by atoms with van der Waals surface area (Å²) in [5.41, 5.74) is 0.805. The first-order valence-electron chi connectivity index (χ1n) is 7.57. The molecule has 0 spiro atoms. The van der Waals surface area contributed by atoms with Crippen molar-refractivity contribution in [2.75, 3.05) is 5.75 Å². The molecule has 1 unspecified atom stereocenters. The van der Waals surface area contributed by atoms with E-state index < -0.39 is 10.0 Å². The Labute approximate surface area is 157 Å². The largest absolute Gasteiger partial charge is 0.350 e. The number of halogens is 1. The van der Waals surface area contributed by atoms with Crippen LogP contribution in [0.5, 0.6) is 0 Å². The smallest absolute Gasteiger partial charge is 0.238 e. The lowest BCUT2D eigenvalue weighted by Crippen LogP contribution is -2.26. The summed E-state index contributed by atoms with van der Waals surface area (Å²) in [7, 11) is -3.71. The van der Waals surface area contributed by atoms with E-state index in [4.69, 9.17) is 16.7 Å². The molecule has 8 heteroatoms. The number of amides is 1. The molecule has 0 aliphatic carbocycles. The average molecular weight is 399 g/mol. The van der Waals surface area contributed by atoms with Gasteiger partial charge in [0, 0.05) is 17.1 Å². The van der Waals surface area contributed by atoms with Crippen LogP contribution in [0.1, 0.15) is 24.9 Å². The van der Waals surface area contributed by atoms with E-state index in [0.717, 1.165) is 10.5 Å². The maximum Gasteiger partial charge on any atom is 0.238 e. The van der Waals surface area contributed by atoms with Crippen LogP contribution < -0.4 is 10.5 Å². The highest BCUT2D eigenvalue weighted by molar-refractivity contribution is 7.99. The van der Waals surface area contributed by atoms with Crippen molar-refractivity contribution in [2.24, 2.45) is 5.14 Å². The second-order valence-corrected chi connectivity index (χ2v) is 8.54. The Morgan fingerprint density at radius 1 is 1.20 bits per heavy atom. The van der Waals surface area contributed by atoms with Crippen molar-refractivity contribution in [1.82, 2.24) is 5.32 Å². The van der Waals surface area contributed by atoms with Crippen molar-refractivity contribution >= 4 is 39.3 Å². The fraction of sp³-hybridized carbons (Fsp3) is 0.235. The number of hydrogen-bond acceptors (Lipinski definition) is 4. The van der Waals surface area contributed by atoms with Crippen molar-refractivity contribution in [3.05, 3.63) is 59.1 Å². The minimum atomic E-state index is -3.71. The van der Waals surface area contributed by atoms with E-state index in [-0.39, 0.29) is 16.8 Å². The van der Waals surface area contributed by atoms with Crippen LogP contribution in [-0.2, 0) is 14.8 Å². The Kier molecular flexibility index (Phi) is 6.89. The lowest BCUT2D eigenvalue weighted by molar-refractivity contribution is -0.121. The fourth-order valence-electron chi connectivity index (χ4n) is 2.16. The third-order valence-electron chi connectivity index (χ3n) is 3.51. The van der Waals surface area contributed by atoms with Gasteiger partial charge in [-0.1, -0.05) is 35.9 Å². The predicted molar refractivity (Wildman–Crippen MR) is 101 cm³/mol. The number of carbonyl (C=O) groups excluding carboxylic acids is 1. The molecule has 0 bridgehead atoms. The van der Waals surface area contributed by atoms with Crippen LogP contribution in [0.2, 0.25) is 5.02 Å². The number of benzene rings is 2. The van der Waals surface area contributed by atoms with Gasteiger partial charge < -0.3 is 5.32 Å². The van der Waals surface area contributed by atoms with E-state index in [9.17, 15) is 13.2 Å². The molecule has 0 heterocycles. The summed E-state index contributed by atoms with van der Waals surface area (Å²) >= 11 is 7.61. The highest BCUT2D eigenvalue weighted by Gasteiger charge is 2.12. The van der Waals surface area contributed by atoms with Crippen molar-refractivity contribution in [3.63, 3.8) is 0 Å². The van der Waals surface area contributed by atoms with Gasteiger partial charge in [-0.15, -0.1) is 11.8 Å². The third kappa shape index (κ3) is 6.04. The minimum Gasteiger partial charge on any atom is -0.350 e. The molecular weight excluding hydrogens is 380 g/mol. The Morgan fingerprint density at radius 3 is 2.44 bits per heavy atom. The van der Waals surface area contributed by atoms with Gasteiger partial charge in [-0.3, -0.25) is 4.79 Å². The van der Waals surface area contributed by atoms with E-state index in [1.165, 1.54) is 23.9 Å². The summed E-state index contributed by atoms with van der Waals surface area (Å²) in [4.78, 5) is 13.0. The van der Waals surface area contributed by atoms with Crippen LogP contribution in [0.3, 0.4) is 0 Å². The highest BCUT2D eigenvalue weighted by Crippen LogP contribution is 2.27. The summed E-state index contributed by atoms with van der Waals surface area (Å²) in [5, 5.41) is 8.63. The standard InChI is InChI=1S/C17H19ClN2O3S2/c1-12(13-6-8-14(9-7-13)25(19,22)23)20-17(21)10-11-24-16-5-3-2-4-15(16)18/h2-9,12H,10-11H2,1H3,(H,20,21)(H2,19,22,23). The molecule has 0 aliphatic rings. The molecule has 2 aromatic carbocycles. The van der Waals surface area contributed by atoms with E-state index in [1.54, 1.807) is 12.1 Å². The monoisotopic (exact) mass is 398 g/mol. The molecular formula is C17H19ClN2O3S2. The SMILES string of the molecule is CC(NC(=O)CCSc1ccccc1Cl)c1ccc(S(N)(=O)=O)cc1. The Bertz CT molecular complexity index is 839. The first kappa shape index (κ1) is 19.8. The quantitative estimate of drug-likeness (QED) is 0.700. The van der Waals surface area contributed by atoms with Crippen LogP contribution in [-0.4, -0.2) is 20.1 Å². The third-order valence-corrected chi connectivity index (χ3v) is 5.96. The van der Waals surface area contributed by atoms with Crippen LogP contribution in [0.25, 0.3) is 0 Å². The first-order chi connectivity index (χ1) is 11.8. The minimum absolute atomic E-state index is 0.0471. The molecule has 0 radical (unpaired) electrons. The first-order valence-corrected chi connectivity index (χ1v) is 10.5. The molecule has 1 atom stereocenters.